The third kappa shape index (κ3) is 2.96. The van der Waals surface area contributed by atoms with E-state index in [9.17, 15) is 9.18 Å². The van der Waals surface area contributed by atoms with Crippen molar-refractivity contribution in [3.63, 3.8) is 0 Å². The molecule has 0 saturated carbocycles. The van der Waals surface area contributed by atoms with Crippen LogP contribution in [0.15, 0.2) is 12.1 Å². The molecule has 0 aliphatic carbocycles. The van der Waals surface area contributed by atoms with Gasteiger partial charge in [-0.15, -0.1) is 0 Å². The third-order valence-electron chi connectivity index (χ3n) is 4.09. The zero-order chi connectivity index (χ0) is 14.0. The number of carbonyl (C=O) groups is 1. The van der Waals surface area contributed by atoms with E-state index in [-0.39, 0.29) is 11.6 Å². The van der Waals surface area contributed by atoms with Gasteiger partial charge in [0.2, 0.25) is 0 Å². The van der Waals surface area contributed by atoms with Crippen molar-refractivity contribution >= 4 is 11.5 Å². The molecule has 1 saturated heterocycles. The van der Waals surface area contributed by atoms with Gasteiger partial charge in [-0.3, -0.25) is 4.79 Å². The van der Waals surface area contributed by atoms with Gasteiger partial charge >= 0.3 is 0 Å². The molecule has 0 N–H and O–H groups in total. The maximum absolute atomic E-state index is 13.7. The number of aryl methyl sites for hydroxylation is 1. The lowest BCUT2D eigenvalue weighted by Crippen LogP contribution is -2.36. The van der Waals surface area contributed by atoms with Crippen LogP contribution in [0.4, 0.5) is 10.1 Å². The summed E-state index contributed by atoms with van der Waals surface area (Å²) < 4.78 is 13.7. The van der Waals surface area contributed by atoms with Crippen LogP contribution >= 0.6 is 0 Å². The van der Waals surface area contributed by atoms with Crippen molar-refractivity contribution in [1.82, 2.24) is 0 Å². The Morgan fingerprint density at radius 3 is 2.84 bits per heavy atom. The minimum absolute atomic E-state index is 0.0625. The number of anilines is 1. The first-order valence-corrected chi connectivity index (χ1v) is 7.09. The second kappa shape index (κ2) is 5.72. The van der Waals surface area contributed by atoms with Crippen molar-refractivity contribution in [1.29, 1.82) is 0 Å². The molecule has 3 heteroatoms. The van der Waals surface area contributed by atoms with Crippen LogP contribution in [0.2, 0.25) is 0 Å². The van der Waals surface area contributed by atoms with Crippen LogP contribution < -0.4 is 4.90 Å². The highest BCUT2D eigenvalue weighted by Gasteiger charge is 2.22. The SMILES string of the molecule is CCC1CCCN(c2cc(C)c(F)cc2C(C)=O)C1. The molecule has 1 aliphatic rings. The summed E-state index contributed by atoms with van der Waals surface area (Å²) >= 11 is 0. The minimum Gasteiger partial charge on any atom is -0.371 e. The van der Waals surface area contributed by atoms with E-state index in [2.05, 4.69) is 11.8 Å². The fourth-order valence-electron chi connectivity index (χ4n) is 2.83. The lowest BCUT2D eigenvalue weighted by atomic mass is 9.94. The lowest BCUT2D eigenvalue weighted by Gasteiger charge is -2.35. The summed E-state index contributed by atoms with van der Waals surface area (Å²) in [5, 5.41) is 0. The molecular formula is C16H22FNO. The van der Waals surface area contributed by atoms with Gasteiger partial charge in [-0.05, 0) is 50.3 Å². The number of nitrogens with zero attached hydrogens (tertiary/aromatic N) is 1. The highest BCUT2D eigenvalue weighted by Crippen LogP contribution is 2.30. The molecule has 1 aliphatic heterocycles. The predicted molar refractivity (Wildman–Crippen MR) is 76.4 cm³/mol. The molecule has 0 aromatic heterocycles. The van der Waals surface area contributed by atoms with Crippen molar-refractivity contribution in [3.8, 4) is 0 Å². The minimum atomic E-state index is -0.294. The van der Waals surface area contributed by atoms with Crippen LogP contribution in [0.1, 0.15) is 49.0 Å². The zero-order valence-electron chi connectivity index (χ0n) is 12.0. The van der Waals surface area contributed by atoms with Gasteiger partial charge in [0.05, 0.1) is 0 Å². The average molecular weight is 263 g/mol. The molecule has 1 aromatic rings. The summed E-state index contributed by atoms with van der Waals surface area (Å²) in [5.74, 6) is 0.324. The van der Waals surface area contributed by atoms with Gasteiger partial charge in [0.15, 0.2) is 5.78 Å². The number of hydrogen-bond acceptors (Lipinski definition) is 2. The second-order valence-corrected chi connectivity index (χ2v) is 5.54. The van der Waals surface area contributed by atoms with Crippen LogP contribution in [-0.4, -0.2) is 18.9 Å². The van der Waals surface area contributed by atoms with E-state index in [1.54, 1.807) is 6.92 Å². The topological polar surface area (TPSA) is 20.3 Å². The van der Waals surface area contributed by atoms with Gasteiger partial charge in [0.25, 0.3) is 0 Å². The van der Waals surface area contributed by atoms with Crippen LogP contribution in [0.5, 0.6) is 0 Å². The van der Waals surface area contributed by atoms with E-state index in [0.29, 0.717) is 17.0 Å². The summed E-state index contributed by atoms with van der Waals surface area (Å²) in [7, 11) is 0. The van der Waals surface area contributed by atoms with E-state index in [0.717, 1.165) is 31.6 Å². The number of carbonyl (C=O) groups excluding carboxylic acids is 1. The van der Waals surface area contributed by atoms with Gasteiger partial charge in [-0.25, -0.2) is 4.39 Å². The molecule has 1 fully saturated rings. The monoisotopic (exact) mass is 263 g/mol. The Bertz CT molecular complexity index is 484. The molecule has 104 valence electrons. The first kappa shape index (κ1) is 14.0. The van der Waals surface area contributed by atoms with E-state index >= 15 is 0 Å². The van der Waals surface area contributed by atoms with E-state index in [1.807, 2.05) is 6.07 Å². The smallest absolute Gasteiger partial charge is 0.161 e. The molecule has 0 spiro atoms. The van der Waals surface area contributed by atoms with Crippen LogP contribution in [0.25, 0.3) is 0 Å². The van der Waals surface area contributed by atoms with Gasteiger partial charge in [0.1, 0.15) is 5.82 Å². The van der Waals surface area contributed by atoms with Crippen molar-refractivity contribution in [2.24, 2.45) is 5.92 Å². The van der Waals surface area contributed by atoms with Crippen molar-refractivity contribution < 1.29 is 9.18 Å². The van der Waals surface area contributed by atoms with E-state index in [1.165, 1.54) is 19.4 Å². The Morgan fingerprint density at radius 2 is 2.21 bits per heavy atom. The largest absolute Gasteiger partial charge is 0.371 e. The molecule has 1 heterocycles. The Labute approximate surface area is 114 Å². The highest BCUT2D eigenvalue weighted by atomic mass is 19.1. The number of halogens is 1. The number of rotatable bonds is 3. The van der Waals surface area contributed by atoms with Gasteiger partial charge in [0, 0.05) is 24.3 Å². The fourth-order valence-corrected chi connectivity index (χ4v) is 2.83. The quantitative estimate of drug-likeness (QED) is 0.769. The van der Waals surface area contributed by atoms with Crippen molar-refractivity contribution in [3.05, 3.63) is 29.1 Å². The van der Waals surface area contributed by atoms with Crippen LogP contribution in [-0.2, 0) is 0 Å². The van der Waals surface area contributed by atoms with Crippen LogP contribution in [0.3, 0.4) is 0 Å². The first-order valence-electron chi connectivity index (χ1n) is 7.09. The van der Waals surface area contributed by atoms with Gasteiger partial charge < -0.3 is 4.90 Å². The standard InChI is InChI=1S/C16H22FNO/c1-4-13-6-5-7-18(10-13)16-8-11(2)15(17)9-14(16)12(3)19/h8-9,13H,4-7,10H2,1-3H3. The number of ketones is 1. The molecule has 19 heavy (non-hydrogen) atoms. The number of Topliss-reactive ketones (excluding diaryl/α,β-unsaturated/α-hetero) is 1. The Morgan fingerprint density at radius 1 is 1.47 bits per heavy atom. The molecule has 2 nitrogen and oxygen atoms in total. The molecule has 2 rings (SSSR count). The number of hydrogen-bond donors (Lipinski definition) is 0. The molecule has 0 amide bonds. The van der Waals surface area contributed by atoms with Gasteiger partial charge in [-0.1, -0.05) is 13.3 Å². The summed E-state index contributed by atoms with van der Waals surface area (Å²) in [6.07, 6.45) is 3.56. The highest BCUT2D eigenvalue weighted by molar-refractivity contribution is 6.00. The Kier molecular flexibility index (Phi) is 4.23. The number of piperidine rings is 1. The fraction of sp³-hybridized carbons (Fsp3) is 0.562. The Hall–Kier alpha value is -1.38. The molecule has 0 radical (unpaired) electrons. The van der Waals surface area contributed by atoms with E-state index in [4.69, 9.17) is 0 Å². The van der Waals surface area contributed by atoms with Crippen LogP contribution in [0, 0.1) is 18.7 Å². The van der Waals surface area contributed by atoms with E-state index < -0.39 is 0 Å². The summed E-state index contributed by atoms with van der Waals surface area (Å²) in [4.78, 5) is 14.0. The summed E-state index contributed by atoms with van der Waals surface area (Å²) in [6.45, 7) is 7.40. The lowest BCUT2D eigenvalue weighted by molar-refractivity contribution is 0.101. The molecule has 1 aromatic carbocycles. The van der Waals surface area contributed by atoms with Gasteiger partial charge in [-0.2, -0.15) is 0 Å². The average Bonchev–Trinajstić information content (AvgIpc) is 2.41. The summed E-state index contributed by atoms with van der Waals surface area (Å²) in [5.41, 5.74) is 2.03. The Balaban J connectivity index is 2.37. The third-order valence-corrected chi connectivity index (χ3v) is 4.09. The summed E-state index contributed by atoms with van der Waals surface area (Å²) in [6, 6.07) is 3.21. The first-order chi connectivity index (χ1) is 9.02. The number of benzene rings is 1. The molecule has 1 unspecified atom stereocenters. The van der Waals surface area contributed by atoms with Crippen molar-refractivity contribution in [2.75, 3.05) is 18.0 Å². The molecule has 1 atom stereocenters. The zero-order valence-corrected chi connectivity index (χ0v) is 12.0. The maximum Gasteiger partial charge on any atom is 0.161 e. The molecular weight excluding hydrogens is 241 g/mol. The van der Waals surface area contributed by atoms with Crippen molar-refractivity contribution in [2.45, 2.75) is 40.0 Å². The maximum atomic E-state index is 13.7. The normalized spacial score (nSPS) is 19.6. The molecule has 0 bridgehead atoms. The predicted octanol–water partition coefficient (Wildman–Crippen LogP) is 3.96. The second-order valence-electron chi connectivity index (χ2n) is 5.54.